The summed E-state index contributed by atoms with van der Waals surface area (Å²) in [6.45, 7) is 7.01. The molecule has 25 heteroatoms. The van der Waals surface area contributed by atoms with E-state index in [1.165, 1.54) is 17.9 Å². The molecule has 0 aromatic rings. The minimum Gasteiger partial charge on any atom is -0.462 e. The number of β-amino-alcohol motifs (C(OH)–C–C–N with tert-alkyl or cyclic N) is 1. The first-order chi connectivity index (χ1) is 39.8. The van der Waals surface area contributed by atoms with Gasteiger partial charge in [0.2, 0.25) is 11.7 Å². The number of allylic oxidation sites excluding steroid dienone is 12. The molecule has 4 saturated heterocycles. The van der Waals surface area contributed by atoms with Crippen LogP contribution in [0.2, 0.25) is 0 Å². The first kappa shape index (κ1) is 71.0. The van der Waals surface area contributed by atoms with Gasteiger partial charge >= 0.3 is 5.97 Å². The van der Waals surface area contributed by atoms with E-state index in [0.29, 0.717) is 19.6 Å². The van der Waals surface area contributed by atoms with Gasteiger partial charge in [-0.15, -0.1) is 0 Å². The Kier molecular flexibility index (Phi) is 28.9. The van der Waals surface area contributed by atoms with Crippen molar-refractivity contribution in [3.05, 3.63) is 85.1 Å². The van der Waals surface area contributed by atoms with Crippen LogP contribution in [0.4, 0.5) is 0 Å². The Morgan fingerprint density at radius 1 is 0.655 bits per heavy atom. The van der Waals surface area contributed by atoms with Crippen LogP contribution in [0.1, 0.15) is 79.1 Å². The highest BCUT2D eigenvalue weighted by atomic mass is 16.7. The molecule has 478 valence electrons. The second-order valence-electron chi connectivity index (χ2n) is 23.1. The molecule has 0 radical (unpaired) electrons. The molecule has 3 unspecified atom stereocenters. The molecule has 2 bridgehead atoms. The number of aliphatic hydroxyl groups excluding tert-OH is 13. The molecule has 4 fully saturated rings. The lowest BCUT2D eigenvalue weighted by Gasteiger charge is -2.48. The molecule has 5 rings (SSSR count). The number of esters is 1. The third kappa shape index (κ3) is 21.3. The maximum atomic E-state index is 14.6. The lowest BCUT2D eigenvalue weighted by Crippen LogP contribution is -2.69. The van der Waals surface area contributed by atoms with Crippen LogP contribution >= 0.6 is 0 Å². The molecule has 0 saturated carbocycles. The van der Waals surface area contributed by atoms with Crippen LogP contribution in [0.5, 0.6) is 0 Å². The Hall–Kier alpha value is -3.72. The van der Waals surface area contributed by atoms with Gasteiger partial charge in [-0.1, -0.05) is 98.9 Å². The van der Waals surface area contributed by atoms with Gasteiger partial charge in [0, 0.05) is 70.2 Å². The average Bonchev–Trinajstić information content (AvgIpc) is 1.83. The van der Waals surface area contributed by atoms with E-state index < -0.39 is 184 Å². The normalized spacial score (nSPS) is 42.2. The number of carbonyl (C=O) groups excluding carboxylic acids is 2. The number of hydrogen-bond acceptors (Lipinski definition) is 24. The number of fused-ring (bicyclic) bond motifs is 2. The monoisotopic (exact) mass is 1200 g/mol. The average molecular weight is 1200 g/mol. The topological polar surface area (TPSA) is 402 Å². The van der Waals surface area contributed by atoms with Crippen molar-refractivity contribution in [3.63, 3.8) is 0 Å². The van der Waals surface area contributed by atoms with E-state index in [-0.39, 0.29) is 51.3 Å². The van der Waals surface area contributed by atoms with Crippen LogP contribution in [0.15, 0.2) is 85.1 Å². The minimum absolute atomic E-state index is 0.0956. The molecular weight excluding hydrogens is 1100 g/mol. The van der Waals surface area contributed by atoms with Gasteiger partial charge in [-0.3, -0.25) is 14.5 Å². The highest BCUT2D eigenvalue weighted by Gasteiger charge is 2.53. The summed E-state index contributed by atoms with van der Waals surface area (Å²) in [7, 11) is 0. The lowest BCUT2D eigenvalue weighted by molar-refractivity contribution is -0.323. The summed E-state index contributed by atoms with van der Waals surface area (Å²) in [6, 6.07) is -1.35. The molecule has 23 atom stereocenters. The van der Waals surface area contributed by atoms with Gasteiger partial charge in [0.25, 0.3) is 0 Å². The molecule has 5 aliphatic rings. The van der Waals surface area contributed by atoms with Gasteiger partial charge in [-0.05, 0) is 33.1 Å². The van der Waals surface area contributed by atoms with E-state index >= 15 is 0 Å². The second-order valence-corrected chi connectivity index (χ2v) is 23.1. The molecule has 16 N–H and O–H groups in total. The molecule has 25 nitrogen and oxygen atoms in total. The number of carbonyl (C=O) groups is 2. The van der Waals surface area contributed by atoms with Gasteiger partial charge in [0.1, 0.15) is 30.5 Å². The smallest absolute Gasteiger partial charge is 0.308 e. The predicted molar refractivity (Wildman–Crippen MR) is 302 cm³/mol. The van der Waals surface area contributed by atoms with Crippen LogP contribution in [-0.4, -0.2) is 272 Å². The number of amides is 1. The van der Waals surface area contributed by atoms with Gasteiger partial charge in [0.05, 0.1) is 105 Å². The molecule has 0 aromatic carbocycles. The Labute approximate surface area is 491 Å². The molecule has 84 heavy (non-hydrogen) atoms. The first-order valence-corrected chi connectivity index (χ1v) is 29.2. The van der Waals surface area contributed by atoms with Gasteiger partial charge in [-0.25, -0.2) is 0 Å². The fourth-order valence-corrected chi connectivity index (χ4v) is 11.0. The standard InChI is InChI=1S/C59H95N3O22/c1-35-17-15-13-11-9-7-5-6-8-10-12-14-16-18-42(83-57-54(75)50(52(73)38(4)82-57)60-34-59(79)55(76)53(74)46(70)33-80-59)30-47-49(56(77)62-23-21-61(22-24-62)25-26-63)45(69)32-58(78,84-47)31-41(66)28-44(68)43(67)20-19-39(64)27-40(65)29-48(71)81-37(3)36(2)51(35)72/h5-18,35-47,49-55,57,60,63-70,72-76,78-79H,19-34H2,1-4H3/t35-,36-,37-,38+,39+,40+,41-,42-,43+,44+,45-,46+,47?,49?,50-,51+,52+,53-,54-,55-,57?,58+,59+/m0/s1. The van der Waals surface area contributed by atoms with Crippen molar-refractivity contribution >= 4 is 11.9 Å². The van der Waals surface area contributed by atoms with E-state index in [9.17, 15) is 86.2 Å². The van der Waals surface area contributed by atoms with Crippen molar-refractivity contribution in [2.75, 3.05) is 52.5 Å². The van der Waals surface area contributed by atoms with E-state index in [1.807, 2.05) is 17.9 Å². The summed E-state index contributed by atoms with van der Waals surface area (Å²) in [5, 5.41) is 167. The first-order valence-electron chi connectivity index (χ1n) is 29.2. The fourth-order valence-electron chi connectivity index (χ4n) is 11.0. The summed E-state index contributed by atoms with van der Waals surface area (Å²) in [6.07, 6.45) is -3.19. The largest absolute Gasteiger partial charge is 0.462 e. The summed E-state index contributed by atoms with van der Waals surface area (Å²) in [4.78, 5) is 30.9. The summed E-state index contributed by atoms with van der Waals surface area (Å²) >= 11 is 0. The third-order valence-corrected chi connectivity index (χ3v) is 16.3. The Morgan fingerprint density at radius 3 is 1.88 bits per heavy atom. The maximum absolute atomic E-state index is 14.6. The molecule has 0 spiro atoms. The van der Waals surface area contributed by atoms with E-state index in [2.05, 4.69) is 5.32 Å². The third-order valence-electron chi connectivity index (χ3n) is 16.3. The lowest BCUT2D eigenvalue weighted by atomic mass is 9.81. The van der Waals surface area contributed by atoms with Crippen molar-refractivity contribution in [1.82, 2.24) is 15.1 Å². The van der Waals surface area contributed by atoms with Gasteiger partial charge in [0.15, 0.2) is 12.1 Å². The Morgan fingerprint density at radius 2 is 1.26 bits per heavy atom. The van der Waals surface area contributed by atoms with Crippen LogP contribution in [0.3, 0.4) is 0 Å². The number of hydrogen-bond donors (Lipinski definition) is 16. The summed E-state index contributed by atoms with van der Waals surface area (Å²) in [5.74, 6) is -8.28. The van der Waals surface area contributed by atoms with E-state index in [4.69, 9.17) is 23.7 Å². The molecule has 5 heterocycles. The fraction of sp³-hybridized carbons (Fsp3) is 0.729. The number of piperazine rings is 1. The van der Waals surface area contributed by atoms with Crippen molar-refractivity contribution in [2.45, 2.75) is 201 Å². The second kappa shape index (κ2) is 34.1. The van der Waals surface area contributed by atoms with Crippen LogP contribution in [0.25, 0.3) is 0 Å². The number of nitrogens with zero attached hydrogens (tertiary/aromatic N) is 2. The highest BCUT2D eigenvalue weighted by molar-refractivity contribution is 5.80. The summed E-state index contributed by atoms with van der Waals surface area (Å²) in [5.41, 5.74) is 0. The quantitative estimate of drug-likeness (QED) is 0.109. The molecule has 0 aromatic heterocycles. The molecule has 5 aliphatic heterocycles. The zero-order valence-corrected chi connectivity index (χ0v) is 48.5. The number of aliphatic hydroxyl groups is 15. The number of rotatable bonds is 8. The Bertz CT molecular complexity index is 2210. The van der Waals surface area contributed by atoms with Crippen LogP contribution in [-0.2, 0) is 33.3 Å². The number of cyclic esters (lactones) is 1. The zero-order valence-electron chi connectivity index (χ0n) is 48.5. The highest BCUT2D eigenvalue weighted by Crippen LogP contribution is 2.39. The van der Waals surface area contributed by atoms with E-state index in [1.54, 1.807) is 86.8 Å². The number of ether oxygens (including phenoxy) is 5. The van der Waals surface area contributed by atoms with Crippen molar-refractivity contribution in [1.29, 1.82) is 0 Å². The number of nitrogens with one attached hydrogen (secondary N) is 1. The van der Waals surface area contributed by atoms with Gasteiger partial charge in [-0.2, -0.15) is 0 Å². The van der Waals surface area contributed by atoms with Gasteiger partial charge < -0.3 is 110 Å². The SMILES string of the molecule is C[C@@H]1[C@H](O)[C@@H](C)C=CC=CC=CC=CC=CC=CC=C[C@H](OC2O[C@H](C)[C@@H](O)[C@H](NC[C@@]3(O)OC[C@@H](O)[C@H](O)[C@@H]3O)[C@@H]2O)CC2O[C@](O)(C[C@@H](O)C[C@@H](O)[C@H](O)CC[C@@H](O)C[C@@H](O)CC(=O)O[C@H]1C)C[C@H](O)C2C(=O)N1CCN(CCO)CC1. The maximum Gasteiger partial charge on any atom is 0.308 e. The predicted octanol–water partition coefficient (Wildman–Crippen LogP) is -2.80. The molecular formula is C59H95N3O22. The van der Waals surface area contributed by atoms with Crippen molar-refractivity contribution in [3.8, 4) is 0 Å². The van der Waals surface area contributed by atoms with Crippen molar-refractivity contribution < 1.29 is 110 Å². The summed E-state index contributed by atoms with van der Waals surface area (Å²) < 4.78 is 29.6. The van der Waals surface area contributed by atoms with Crippen molar-refractivity contribution in [2.24, 2.45) is 17.8 Å². The Balaban J connectivity index is 1.44. The molecule has 0 aliphatic carbocycles. The van der Waals surface area contributed by atoms with Crippen LogP contribution in [0, 0.1) is 17.8 Å². The minimum atomic E-state index is -2.47. The van der Waals surface area contributed by atoms with Crippen LogP contribution < -0.4 is 5.32 Å². The van der Waals surface area contributed by atoms with E-state index in [0.717, 1.165) is 0 Å². The zero-order chi connectivity index (χ0) is 61.9. The molecule has 1 amide bonds.